The molecule has 2 aliphatic heterocycles. The predicted octanol–water partition coefficient (Wildman–Crippen LogP) is 2.89. The normalized spacial score (nSPS) is 24.4. The van der Waals surface area contributed by atoms with Gasteiger partial charge in [-0.15, -0.1) is 6.42 Å². The zero-order valence-corrected chi connectivity index (χ0v) is 16.1. The van der Waals surface area contributed by atoms with Crippen LogP contribution in [0.4, 0.5) is 5.69 Å². The fourth-order valence-corrected chi connectivity index (χ4v) is 4.28. The number of carboxylic acid groups (broad SMARTS) is 1. The van der Waals surface area contributed by atoms with Gasteiger partial charge in [-0.05, 0) is 55.5 Å². The van der Waals surface area contributed by atoms with E-state index in [9.17, 15) is 14.7 Å². The molecule has 3 rings (SSSR count). The summed E-state index contributed by atoms with van der Waals surface area (Å²) in [5, 5.41) is 9.61. The minimum Gasteiger partial charge on any atom is -0.497 e. The quantitative estimate of drug-likeness (QED) is 0.734. The van der Waals surface area contributed by atoms with Crippen molar-refractivity contribution < 1.29 is 19.4 Å². The number of hydrogen-bond donors (Lipinski definition) is 1. The van der Waals surface area contributed by atoms with Gasteiger partial charge in [-0.25, -0.2) is 0 Å². The van der Waals surface area contributed by atoms with E-state index in [2.05, 4.69) is 10.9 Å². The molecule has 0 aliphatic carbocycles. The lowest BCUT2D eigenvalue weighted by Gasteiger charge is -2.35. The Kier molecular flexibility index (Phi) is 6.48. The van der Waals surface area contributed by atoms with Gasteiger partial charge in [0.25, 0.3) is 0 Å². The average molecular weight is 382 g/mol. The summed E-state index contributed by atoms with van der Waals surface area (Å²) in [4.78, 5) is 30.4. The number of methoxy groups -OCH3 is 1. The van der Waals surface area contributed by atoms with E-state index < -0.39 is 11.9 Å². The third-order valence-electron chi connectivity index (χ3n) is 5.82. The number of Topliss-reactive ketones (excluding diaryl/α,β-unsaturated/α-hetero) is 1. The lowest BCUT2D eigenvalue weighted by molar-refractivity contribution is -0.146. The van der Waals surface area contributed by atoms with E-state index >= 15 is 0 Å². The van der Waals surface area contributed by atoms with Crippen molar-refractivity contribution in [1.29, 1.82) is 0 Å². The Morgan fingerprint density at radius 2 is 2.25 bits per heavy atom. The maximum atomic E-state index is 12.4. The zero-order valence-electron chi connectivity index (χ0n) is 16.1. The van der Waals surface area contributed by atoms with Crippen LogP contribution in [0.15, 0.2) is 23.2 Å². The molecule has 0 radical (unpaired) electrons. The molecule has 0 aromatic heterocycles. The Balaban J connectivity index is 1.63. The molecule has 2 aliphatic rings. The summed E-state index contributed by atoms with van der Waals surface area (Å²) in [6.45, 7) is 1.82. The van der Waals surface area contributed by atoms with Gasteiger partial charge in [-0.3, -0.25) is 19.5 Å². The highest BCUT2D eigenvalue weighted by Crippen LogP contribution is 2.37. The van der Waals surface area contributed by atoms with Crippen molar-refractivity contribution in [3.63, 3.8) is 0 Å². The molecule has 0 amide bonds. The Morgan fingerprint density at radius 1 is 1.43 bits per heavy atom. The highest BCUT2D eigenvalue weighted by atomic mass is 16.5. The van der Waals surface area contributed by atoms with E-state index in [1.54, 1.807) is 7.11 Å². The zero-order chi connectivity index (χ0) is 20.1. The van der Waals surface area contributed by atoms with Gasteiger partial charge in [-0.2, -0.15) is 0 Å². The van der Waals surface area contributed by atoms with Crippen LogP contribution in [-0.4, -0.2) is 54.7 Å². The summed E-state index contributed by atoms with van der Waals surface area (Å²) in [6.07, 6.45) is 9.85. The van der Waals surface area contributed by atoms with E-state index in [0.29, 0.717) is 25.3 Å². The first-order valence-electron chi connectivity index (χ1n) is 9.68. The number of carbonyl (C=O) groups excluding carboxylic acids is 1. The summed E-state index contributed by atoms with van der Waals surface area (Å²) in [7, 11) is 1.60. The standard InChI is InChI=1S/C22H26N2O4/c1-3-10-24-11-9-15(19(14-24)22(26)27)5-4-6-17-18-12-16(28-2)7-8-20(18)23-13-21(17)25/h1,7-8,12-13,15,17,19H,4-6,9-11,14H2,2H3,(H,26,27)/t15-,17?,19+/m1/s1. The van der Waals surface area contributed by atoms with Crippen LogP contribution in [0.3, 0.4) is 0 Å². The van der Waals surface area contributed by atoms with Gasteiger partial charge in [-0.1, -0.05) is 12.3 Å². The number of likely N-dealkylation sites (tertiary alicyclic amines) is 1. The largest absolute Gasteiger partial charge is 0.497 e. The molecule has 3 atom stereocenters. The molecule has 28 heavy (non-hydrogen) atoms. The molecule has 148 valence electrons. The topological polar surface area (TPSA) is 79.2 Å². The number of hydrogen-bond acceptors (Lipinski definition) is 5. The molecule has 0 saturated carbocycles. The number of carbonyl (C=O) groups is 2. The van der Waals surface area contributed by atoms with Gasteiger partial charge >= 0.3 is 5.97 Å². The minimum atomic E-state index is -0.761. The van der Waals surface area contributed by atoms with Crippen molar-refractivity contribution in [1.82, 2.24) is 4.90 Å². The smallest absolute Gasteiger partial charge is 0.308 e. The number of ether oxygens (including phenoxy) is 1. The van der Waals surface area contributed by atoms with Gasteiger partial charge in [0.2, 0.25) is 0 Å². The van der Waals surface area contributed by atoms with E-state index in [-0.39, 0.29) is 17.6 Å². The maximum absolute atomic E-state index is 12.4. The summed E-state index contributed by atoms with van der Waals surface area (Å²) >= 11 is 0. The summed E-state index contributed by atoms with van der Waals surface area (Å²) in [5.41, 5.74) is 1.70. The highest BCUT2D eigenvalue weighted by Gasteiger charge is 2.34. The van der Waals surface area contributed by atoms with Crippen molar-refractivity contribution in [3.05, 3.63) is 23.8 Å². The number of piperidine rings is 1. The van der Waals surface area contributed by atoms with Gasteiger partial charge in [0, 0.05) is 6.54 Å². The van der Waals surface area contributed by atoms with E-state index in [0.717, 1.165) is 37.1 Å². The monoisotopic (exact) mass is 382 g/mol. The van der Waals surface area contributed by atoms with E-state index in [4.69, 9.17) is 11.2 Å². The third-order valence-corrected chi connectivity index (χ3v) is 5.82. The Hall–Kier alpha value is -2.65. The van der Waals surface area contributed by atoms with Crippen molar-refractivity contribution in [2.75, 3.05) is 26.7 Å². The second kappa shape index (κ2) is 9.03. The predicted molar refractivity (Wildman–Crippen MR) is 107 cm³/mol. The number of benzene rings is 1. The molecule has 6 nitrogen and oxygen atoms in total. The van der Waals surface area contributed by atoms with Gasteiger partial charge in [0.1, 0.15) is 5.75 Å². The Bertz CT molecular complexity index is 811. The lowest BCUT2D eigenvalue weighted by Crippen LogP contribution is -2.44. The summed E-state index contributed by atoms with van der Waals surface area (Å²) in [5.74, 6) is 2.01. The molecule has 1 aromatic rings. The van der Waals surface area contributed by atoms with Gasteiger partial charge < -0.3 is 9.84 Å². The lowest BCUT2D eigenvalue weighted by atomic mass is 9.80. The number of nitrogens with zero attached hydrogens (tertiary/aromatic N) is 2. The molecule has 0 bridgehead atoms. The average Bonchev–Trinajstić information content (AvgIpc) is 2.70. The fraction of sp³-hybridized carbons (Fsp3) is 0.500. The van der Waals surface area contributed by atoms with Gasteiger partial charge in [0.05, 0.1) is 37.4 Å². The number of carboxylic acids is 1. The first-order chi connectivity index (χ1) is 13.5. The third kappa shape index (κ3) is 4.42. The molecule has 1 saturated heterocycles. The van der Waals surface area contributed by atoms with E-state index in [1.807, 2.05) is 23.1 Å². The van der Waals surface area contributed by atoms with Crippen LogP contribution in [0.1, 0.15) is 37.2 Å². The van der Waals surface area contributed by atoms with E-state index in [1.165, 1.54) is 6.21 Å². The van der Waals surface area contributed by atoms with Crippen molar-refractivity contribution in [2.45, 2.75) is 31.6 Å². The molecule has 2 heterocycles. The summed E-state index contributed by atoms with van der Waals surface area (Å²) in [6, 6.07) is 5.59. The number of aliphatic imine (C=N–C) groups is 1. The van der Waals surface area contributed by atoms with Crippen LogP contribution in [0, 0.1) is 24.2 Å². The van der Waals surface area contributed by atoms with Crippen LogP contribution in [0.2, 0.25) is 0 Å². The Labute approximate surface area is 165 Å². The molecule has 1 unspecified atom stereocenters. The fourth-order valence-electron chi connectivity index (χ4n) is 4.28. The first-order valence-corrected chi connectivity index (χ1v) is 9.68. The minimum absolute atomic E-state index is 0.000577. The number of fused-ring (bicyclic) bond motifs is 1. The van der Waals surface area contributed by atoms with Crippen molar-refractivity contribution in [2.24, 2.45) is 16.8 Å². The number of terminal acetylenes is 1. The molecule has 0 spiro atoms. The molecular formula is C22H26N2O4. The molecule has 1 N–H and O–H groups in total. The number of aliphatic carboxylic acids is 1. The molecule has 1 fully saturated rings. The summed E-state index contributed by atoms with van der Waals surface area (Å²) < 4.78 is 5.29. The number of rotatable bonds is 7. The van der Waals surface area contributed by atoms with Gasteiger partial charge in [0.15, 0.2) is 5.78 Å². The van der Waals surface area contributed by atoms with Crippen molar-refractivity contribution >= 4 is 23.7 Å². The number of ketones is 1. The first kappa shape index (κ1) is 20.1. The SMILES string of the molecule is C#CCN1CC[C@@H](CCCC2C(=O)C=Nc3ccc(OC)cc32)[C@@H](C(=O)O)C1. The maximum Gasteiger partial charge on any atom is 0.308 e. The van der Waals surface area contributed by atoms with Crippen LogP contribution < -0.4 is 4.74 Å². The van der Waals surface area contributed by atoms with Crippen LogP contribution >= 0.6 is 0 Å². The highest BCUT2D eigenvalue weighted by molar-refractivity contribution is 6.31. The second-order valence-corrected chi connectivity index (χ2v) is 7.50. The second-order valence-electron chi connectivity index (χ2n) is 7.50. The Morgan fingerprint density at radius 3 is 2.96 bits per heavy atom. The molecular weight excluding hydrogens is 356 g/mol. The molecule has 6 heteroatoms. The van der Waals surface area contributed by atoms with Crippen LogP contribution in [0.25, 0.3) is 0 Å². The van der Waals surface area contributed by atoms with Crippen molar-refractivity contribution in [3.8, 4) is 18.1 Å². The van der Waals surface area contributed by atoms with Crippen LogP contribution in [-0.2, 0) is 9.59 Å². The molecule has 1 aromatic carbocycles. The van der Waals surface area contributed by atoms with Crippen LogP contribution in [0.5, 0.6) is 5.75 Å².